The predicted octanol–water partition coefficient (Wildman–Crippen LogP) is 3.48. The minimum Gasteiger partial charge on any atom is -0.488 e. The molecule has 1 N–H and O–H groups in total. The molecule has 152 valence electrons. The zero-order valence-electron chi connectivity index (χ0n) is 17.6. The van der Waals surface area contributed by atoms with Crippen molar-refractivity contribution in [2.24, 2.45) is 0 Å². The van der Waals surface area contributed by atoms with E-state index in [0.717, 1.165) is 66.3 Å². The van der Waals surface area contributed by atoms with Gasteiger partial charge in [-0.3, -0.25) is 5.10 Å². The van der Waals surface area contributed by atoms with Crippen LogP contribution in [0.1, 0.15) is 33.6 Å². The number of fused-ring (bicyclic) bond motifs is 1. The van der Waals surface area contributed by atoms with Gasteiger partial charge < -0.3 is 14.5 Å². The Morgan fingerprint density at radius 3 is 2.66 bits per heavy atom. The Bertz CT molecular complexity index is 1050. The molecule has 0 bridgehead atoms. The molecule has 7 nitrogen and oxygen atoms in total. The topological polar surface area (TPSA) is 70.2 Å². The van der Waals surface area contributed by atoms with E-state index in [4.69, 9.17) is 4.74 Å². The third-order valence-electron chi connectivity index (χ3n) is 6.12. The lowest BCUT2D eigenvalue weighted by Gasteiger charge is -2.46. The number of anilines is 1. The maximum Gasteiger partial charge on any atom is 0.133 e. The number of likely N-dealkylation sites (N-methyl/N-ethyl adjacent to an activating group) is 1. The molecule has 0 spiro atoms. The zero-order valence-corrected chi connectivity index (χ0v) is 17.6. The van der Waals surface area contributed by atoms with Crippen molar-refractivity contribution in [1.82, 2.24) is 25.1 Å². The van der Waals surface area contributed by atoms with Crippen LogP contribution in [0.15, 0.2) is 30.6 Å². The van der Waals surface area contributed by atoms with Crippen LogP contribution in [0.2, 0.25) is 0 Å². The summed E-state index contributed by atoms with van der Waals surface area (Å²) in [5, 5.41) is 8.71. The molecule has 1 aliphatic heterocycles. The van der Waals surface area contributed by atoms with E-state index in [1.165, 1.54) is 0 Å². The van der Waals surface area contributed by atoms with Gasteiger partial charge >= 0.3 is 0 Å². The van der Waals surface area contributed by atoms with Gasteiger partial charge in [0.1, 0.15) is 29.2 Å². The predicted molar refractivity (Wildman–Crippen MR) is 114 cm³/mol. The Kier molecular flexibility index (Phi) is 4.07. The largest absolute Gasteiger partial charge is 0.488 e. The Labute approximate surface area is 171 Å². The Hall–Kier alpha value is -2.67. The molecule has 1 saturated heterocycles. The van der Waals surface area contributed by atoms with Crippen molar-refractivity contribution in [3.05, 3.63) is 30.6 Å². The Morgan fingerprint density at radius 2 is 1.90 bits per heavy atom. The summed E-state index contributed by atoms with van der Waals surface area (Å²) in [5.74, 6) is 1.83. The SMILES string of the molecule is CN1CCN(c2cc(-c3n[nH]c4ccc(OC5(C)CC5)cc34)ncn2)C(C)(C)C1. The van der Waals surface area contributed by atoms with E-state index in [9.17, 15) is 0 Å². The van der Waals surface area contributed by atoms with Crippen molar-refractivity contribution >= 4 is 16.7 Å². The van der Waals surface area contributed by atoms with Gasteiger partial charge in [0.05, 0.1) is 11.2 Å². The van der Waals surface area contributed by atoms with Crippen molar-refractivity contribution in [1.29, 1.82) is 0 Å². The first-order valence-corrected chi connectivity index (χ1v) is 10.3. The van der Waals surface area contributed by atoms with Gasteiger partial charge in [0.25, 0.3) is 0 Å². The molecule has 2 aliphatic rings. The highest BCUT2D eigenvalue weighted by Crippen LogP contribution is 2.40. The van der Waals surface area contributed by atoms with Gasteiger partial charge in [-0.15, -0.1) is 0 Å². The lowest BCUT2D eigenvalue weighted by atomic mass is 9.99. The molecule has 5 rings (SSSR count). The Morgan fingerprint density at radius 1 is 1.07 bits per heavy atom. The number of aromatic amines is 1. The molecule has 2 aromatic heterocycles. The molecule has 3 heterocycles. The number of H-pyrrole nitrogens is 1. The van der Waals surface area contributed by atoms with Crippen LogP contribution >= 0.6 is 0 Å². The molecular formula is C22H28N6O. The van der Waals surface area contributed by atoms with Crippen LogP contribution in [0, 0.1) is 0 Å². The number of hydrogen-bond acceptors (Lipinski definition) is 6. The number of nitrogens with zero attached hydrogens (tertiary/aromatic N) is 5. The fourth-order valence-corrected chi connectivity index (χ4v) is 4.26. The van der Waals surface area contributed by atoms with Crippen LogP contribution in [0.4, 0.5) is 5.82 Å². The van der Waals surface area contributed by atoms with Crippen LogP contribution in [-0.4, -0.2) is 62.9 Å². The molecule has 0 atom stereocenters. The van der Waals surface area contributed by atoms with E-state index in [1.54, 1.807) is 6.33 Å². The molecule has 7 heteroatoms. The molecule has 1 saturated carbocycles. The van der Waals surface area contributed by atoms with Gasteiger partial charge in [0, 0.05) is 36.6 Å². The van der Waals surface area contributed by atoms with Crippen LogP contribution in [0.3, 0.4) is 0 Å². The van der Waals surface area contributed by atoms with Crippen LogP contribution < -0.4 is 9.64 Å². The van der Waals surface area contributed by atoms with E-state index < -0.39 is 0 Å². The number of benzene rings is 1. The quantitative estimate of drug-likeness (QED) is 0.733. The molecule has 1 aromatic carbocycles. The average molecular weight is 393 g/mol. The number of aromatic nitrogens is 4. The number of piperazine rings is 1. The van der Waals surface area contributed by atoms with Gasteiger partial charge in [0.2, 0.25) is 0 Å². The van der Waals surface area contributed by atoms with Crippen LogP contribution in [0.5, 0.6) is 5.75 Å². The van der Waals surface area contributed by atoms with E-state index in [2.05, 4.69) is 69.9 Å². The summed E-state index contributed by atoms with van der Waals surface area (Å²) in [6, 6.07) is 8.16. The van der Waals surface area contributed by atoms with Crippen molar-refractivity contribution in [2.45, 2.75) is 44.8 Å². The second-order valence-electron chi connectivity index (χ2n) is 9.29. The zero-order chi connectivity index (χ0) is 20.2. The van der Waals surface area contributed by atoms with Gasteiger partial charge in [0.15, 0.2) is 0 Å². The monoisotopic (exact) mass is 392 g/mol. The van der Waals surface area contributed by atoms with E-state index in [-0.39, 0.29) is 11.1 Å². The fourth-order valence-electron chi connectivity index (χ4n) is 4.26. The highest BCUT2D eigenvalue weighted by Gasteiger charge is 2.40. The Balaban J connectivity index is 1.50. The summed E-state index contributed by atoms with van der Waals surface area (Å²) in [6.07, 6.45) is 3.86. The van der Waals surface area contributed by atoms with Crippen LogP contribution in [-0.2, 0) is 0 Å². The molecule has 2 fully saturated rings. The number of hydrogen-bond donors (Lipinski definition) is 1. The second kappa shape index (κ2) is 6.42. The third-order valence-corrected chi connectivity index (χ3v) is 6.12. The summed E-state index contributed by atoms with van der Waals surface area (Å²) in [5.41, 5.74) is 2.64. The maximum absolute atomic E-state index is 6.15. The summed E-state index contributed by atoms with van der Waals surface area (Å²) >= 11 is 0. The minimum atomic E-state index is -0.00727. The standard InChI is InChI=1S/C22H28N6O/c1-21(2)13-27(4)9-10-28(21)19-12-18(23-14-24-19)20-16-11-15(29-22(3)7-8-22)5-6-17(16)25-26-20/h5-6,11-12,14H,7-10,13H2,1-4H3,(H,25,26). The first-order valence-electron chi connectivity index (χ1n) is 10.3. The maximum atomic E-state index is 6.15. The van der Waals surface area contributed by atoms with Gasteiger partial charge in [-0.1, -0.05) is 0 Å². The highest BCUT2D eigenvalue weighted by molar-refractivity contribution is 5.93. The normalized spacial score (nSPS) is 20.8. The van der Waals surface area contributed by atoms with E-state index >= 15 is 0 Å². The molecule has 0 amide bonds. The number of rotatable bonds is 4. The van der Waals surface area contributed by atoms with Crippen molar-refractivity contribution in [3.63, 3.8) is 0 Å². The summed E-state index contributed by atoms with van der Waals surface area (Å²) in [4.78, 5) is 13.8. The fraction of sp³-hybridized carbons (Fsp3) is 0.500. The molecule has 3 aromatic rings. The van der Waals surface area contributed by atoms with Crippen LogP contribution in [0.25, 0.3) is 22.3 Å². The summed E-state index contributed by atoms with van der Waals surface area (Å²) in [6.45, 7) is 9.64. The van der Waals surface area contributed by atoms with Crippen molar-refractivity contribution in [2.75, 3.05) is 31.6 Å². The van der Waals surface area contributed by atoms with Gasteiger partial charge in [-0.05, 0) is 58.9 Å². The molecule has 29 heavy (non-hydrogen) atoms. The lowest BCUT2D eigenvalue weighted by Crippen LogP contribution is -2.58. The lowest BCUT2D eigenvalue weighted by molar-refractivity contribution is 0.200. The van der Waals surface area contributed by atoms with Gasteiger partial charge in [-0.25, -0.2) is 9.97 Å². The molecule has 1 aliphatic carbocycles. The first kappa shape index (κ1) is 18.4. The highest BCUT2D eigenvalue weighted by atomic mass is 16.5. The smallest absolute Gasteiger partial charge is 0.133 e. The van der Waals surface area contributed by atoms with E-state index in [1.807, 2.05) is 12.1 Å². The molecule has 0 unspecified atom stereocenters. The summed E-state index contributed by atoms with van der Waals surface area (Å²) < 4.78 is 6.15. The first-order chi connectivity index (χ1) is 13.8. The van der Waals surface area contributed by atoms with E-state index in [0.29, 0.717) is 0 Å². The third kappa shape index (κ3) is 3.44. The van der Waals surface area contributed by atoms with Crippen molar-refractivity contribution in [3.8, 4) is 17.1 Å². The summed E-state index contributed by atoms with van der Waals surface area (Å²) in [7, 11) is 2.17. The average Bonchev–Trinajstić information content (AvgIpc) is 3.24. The van der Waals surface area contributed by atoms with Gasteiger partial charge in [-0.2, -0.15) is 5.10 Å². The minimum absolute atomic E-state index is 0.00693. The number of nitrogens with one attached hydrogen (secondary N) is 1. The molecular weight excluding hydrogens is 364 g/mol. The number of ether oxygens (including phenoxy) is 1. The molecule has 0 radical (unpaired) electrons. The second-order valence-corrected chi connectivity index (χ2v) is 9.29. The van der Waals surface area contributed by atoms with Crippen molar-refractivity contribution < 1.29 is 4.74 Å².